The number of carbonyl (C=O) groups is 2. The summed E-state index contributed by atoms with van der Waals surface area (Å²) in [5, 5.41) is 43.9. The van der Waals surface area contributed by atoms with E-state index < -0.39 is 61.1 Å². The van der Waals surface area contributed by atoms with Crippen LogP contribution in [-0.2, 0) is 9.53 Å². The summed E-state index contributed by atoms with van der Waals surface area (Å²) in [5.74, 6) is -1.18. The maximum Gasteiger partial charge on any atom is 0.258 e. The van der Waals surface area contributed by atoms with E-state index in [-0.39, 0.29) is 5.56 Å². The van der Waals surface area contributed by atoms with Crippen LogP contribution in [0.2, 0.25) is 0 Å². The Kier molecular flexibility index (Phi) is 7.11. The van der Waals surface area contributed by atoms with Crippen LogP contribution in [0.3, 0.4) is 0 Å². The molecule has 10 nitrogen and oxygen atoms in total. The van der Waals surface area contributed by atoms with Crippen LogP contribution in [-0.4, -0.2) is 91.5 Å². The predicted octanol–water partition coefficient (Wildman–Crippen LogP) is -0.608. The summed E-state index contributed by atoms with van der Waals surface area (Å²) in [6.07, 6.45) is -6.21. The van der Waals surface area contributed by atoms with Gasteiger partial charge in [-0.05, 0) is 32.9 Å². The summed E-state index contributed by atoms with van der Waals surface area (Å²) in [4.78, 5) is 31.5. The van der Waals surface area contributed by atoms with E-state index in [2.05, 4.69) is 10.3 Å². The maximum absolute atomic E-state index is 13.6. The molecule has 0 saturated carbocycles. The van der Waals surface area contributed by atoms with Gasteiger partial charge in [0.25, 0.3) is 5.91 Å². The third kappa shape index (κ3) is 5.05. The number of amides is 2. The highest BCUT2D eigenvalue weighted by Gasteiger charge is 2.47. The van der Waals surface area contributed by atoms with Crippen molar-refractivity contribution in [2.75, 3.05) is 13.2 Å². The fourth-order valence-corrected chi connectivity index (χ4v) is 3.66. The normalized spacial score (nSPS) is 26.0. The number of carbonyl (C=O) groups excluding carboxylic acids is 2. The number of ether oxygens (including phenoxy) is 1. The van der Waals surface area contributed by atoms with Crippen molar-refractivity contribution < 1.29 is 34.8 Å². The molecule has 1 fully saturated rings. The van der Waals surface area contributed by atoms with Gasteiger partial charge in [0.2, 0.25) is 5.91 Å². The lowest BCUT2D eigenvalue weighted by Gasteiger charge is -2.44. The third-order valence-electron chi connectivity index (χ3n) is 5.13. The zero-order valence-corrected chi connectivity index (χ0v) is 18.2. The number of nitrogens with zero attached hydrogens (tertiary/aromatic N) is 2. The molecule has 1 saturated heterocycles. The van der Waals surface area contributed by atoms with E-state index in [0.717, 1.165) is 4.90 Å². The lowest BCUT2D eigenvalue weighted by molar-refractivity contribution is -0.257. The molecule has 10 heteroatoms. The first kappa shape index (κ1) is 24.0. The fraction of sp³-hybridized carbons (Fsp3) is 0.500. The van der Waals surface area contributed by atoms with Crippen molar-refractivity contribution in [3.05, 3.63) is 42.1 Å². The van der Waals surface area contributed by atoms with Gasteiger partial charge in [-0.1, -0.05) is 18.2 Å². The number of aliphatic hydroxyl groups excluding tert-OH is 4. The van der Waals surface area contributed by atoms with Crippen LogP contribution in [0.15, 0.2) is 36.5 Å². The second kappa shape index (κ2) is 9.47. The van der Waals surface area contributed by atoms with Crippen molar-refractivity contribution in [3.63, 3.8) is 0 Å². The fourth-order valence-electron chi connectivity index (χ4n) is 3.66. The molecule has 0 aliphatic carbocycles. The minimum atomic E-state index is -1.72. The zero-order valence-electron chi connectivity index (χ0n) is 18.2. The number of para-hydroxylation sites is 1. The van der Waals surface area contributed by atoms with Crippen LogP contribution in [0.4, 0.5) is 0 Å². The average Bonchev–Trinajstić information content (AvgIpc) is 2.74. The van der Waals surface area contributed by atoms with Gasteiger partial charge in [0.1, 0.15) is 31.0 Å². The van der Waals surface area contributed by atoms with Crippen LogP contribution < -0.4 is 5.32 Å². The number of rotatable bonds is 5. The number of hydrogen-bond donors (Lipinski definition) is 5. The maximum atomic E-state index is 13.6. The molecule has 0 bridgehead atoms. The van der Waals surface area contributed by atoms with Crippen LogP contribution >= 0.6 is 0 Å². The lowest BCUT2D eigenvalue weighted by atomic mass is 9.97. The number of pyridine rings is 1. The Balaban J connectivity index is 2.02. The molecule has 2 aromatic rings. The van der Waals surface area contributed by atoms with Crippen molar-refractivity contribution in [2.45, 2.75) is 57.0 Å². The van der Waals surface area contributed by atoms with Gasteiger partial charge in [-0.2, -0.15) is 0 Å². The SMILES string of the molecule is CC(C)(C)NC(=O)CN(C(=O)c1cccc2cccnc12)C1OC(CO)C(O)C(O)C1O. The summed E-state index contributed by atoms with van der Waals surface area (Å²) in [5.41, 5.74) is -0.0169. The Labute approximate surface area is 185 Å². The van der Waals surface area contributed by atoms with Gasteiger partial charge in [-0.15, -0.1) is 0 Å². The van der Waals surface area contributed by atoms with Crippen LogP contribution in [0, 0.1) is 0 Å². The summed E-state index contributed by atoms with van der Waals surface area (Å²) < 4.78 is 5.57. The molecule has 5 unspecified atom stereocenters. The molecule has 5 atom stereocenters. The molecule has 1 aromatic heterocycles. The Hall–Kier alpha value is -2.63. The Bertz CT molecular complexity index is 970. The molecule has 2 amide bonds. The molecule has 5 N–H and O–H groups in total. The minimum Gasteiger partial charge on any atom is -0.394 e. The number of benzene rings is 1. The molecule has 0 radical (unpaired) electrons. The number of fused-ring (bicyclic) bond motifs is 1. The molecule has 174 valence electrons. The largest absolute Gasteiger partial charge is 0.394 e. The number of aromatic nitrogens is 1. The van der Waals surface area contributed by atoms with Crippen LogP contribution in [0.25, 0.3) is 10.9 Å². The topological polar surface area (TPSA) is 152 Å². The van der Waals surface area contributed by atoms with Gasteiger partial charge in [-0.25, -0.2) is 0 Å². The van der Waals surface area contributed by atoms with Gasteiger partial charge in [0, 0.05) is 17.1 Å². The van der Waals surface area contributed by atoms with Gasteiger partial charge in [-0.3, -0.25) is 14.6 Å². The summed E-state index contributed by atoms with van der Waals surface area (Å²) in [6.45, 7) is 4.17. The highest BCUT2D eigenvalue weighted by atomic mass is 16.6. The molecule has 1 aliphatic heterocycles. The summed E-state index contributed by atoms with van der Waals surface area (Å²) in [7, 11) is 0. The second-order valence-corrected chi connectivity index (χ2v) is 8.83. The Morgan fingerprint density at radius 2 is 1.78 bits per heavy atom. The first-order valence-corrected chi connectivity index (χ1v) is 10.3. The van der Waals surface area contributed by atoms with Crippen molar-refractivity contribution in [1.29, 1.82) is 0 Å². The molecular weight excluding hydrogens is 418 g/mol. The Morgan fingerprint density at radius 1 is 1.09 bits per heavy atom. The van der Waals surface area contributed by atoms with Gasteiger partial charge < -0.3 is 35.4 Å². The highest BCUT2D eigenvalue weighted by molar-refractivity contribution is 6.06. The standard InChI is InChI=1S/C22H29N3O7/c1-22(2,3)24-15(27)10-25(21-19(30)18(29)17(28)14(11-26)32-21)20(31)13-8-4-6-12-7-5-9-23-16(12)13/h4-9,14,17-19,21,26,28-30H,10-11H2,1-3H3,(H,24,27). The summed E-state index contributed by atoms with van der Waals surface area (Å²) >= 11 is 0. The number of hydrogen-bond acceptors (Lipinski definition) is 8. The molecular formula is C22H29N3O7. The average molecular weight is 447 g/mol. The molecule has 3 rings (SSSR count). The lowest BCUT2D eigenvalue weighted by Crippen LogP contribution is -2.65. The smallest absolute Gasteiger partial charge is 0.258 e. The second-order valence-electron chi connectivity index (χ2n) is 8.83. The Morgan fingerprint density at radius 3 is 2.44 bits per heavy atom. The summed E-state index contributed by atoms with van der Waals surface area (Å²) in [6, 6.07) is 8.49. The highest BCUT2D eigenvalue weighted by Crippen LogP contribution is 2.26. The first-order valence-electron chi connectivity index (χ1n) is 10.3. The van der Waals surface area contributed by atoms with Gasteiger partial charge in [0.05, 0.1) is 17.7 Å². The van der Waals surface area contributed by atoms with E-state index in [9.17, 15) is 30.0 Å². The van der Waals surface area contributed by atoms with E-state index in [1.807, 2.05) is 0 Å². The predicted molar refractivity (Wildman–Crippen MR) is 114 cm³/mol. The van der Waals surface area contributed by atoms with Crippen molar-refractivity contribution >= 4 is 22.7 Å². The molecule has 1 aromatic carbocycles. The number of aliphatic hydroxyl groups is 4. The number of nitrogens with one attached hydrogen (secondary N) is 1. The van der Waals surface area contributed by atoms with Crippen molar-refractivity contribution in [1.82, 2.24) is 15.2 Å². The quantitative estimate of drug-likeness (QED) is 0.407. The van der Waals surface area contributed by atoms with E-state index in [1.54, 1.807) is 45.0 Å². The van der Waals surface area contributed by atoms with E-state index >= 15 is 0 Å². The molecule has 1 aliphatic rings. The molecule has 0 spiro atoms. The van der Waals surface area contributed by atoms with Crippen molar-refractivity contribution in [2.24, 2.45) is 0 Å². The molecule has 2 heterocycles. The van der Waals surface area contributed by atoms with Gasteiger partial charge in [0.15, 0.2) is 6.23 Å². The first-order chi connectivity index (χ1) is 15.0. The van der Waals surface area contributed by atoms with E-state index in [1.165, 1.54) is 12.3 Å². The monoisotopic (exact) mass is 447 g/mol. The van der Waals surface area contributed by atoms with Crippen molar-refractivity contribution in [3.8, 4) is 0 Å². The zero-order chi connectivity index (χ0) is 23.6. The minimum absolute atomic E-state index is 0.170. The van der Waals surface area contributed by atoms with Gasteiger partial charge >= 0.3 is 0 Å². The molecule has 32 heavy (non-hydrogen) atoms. The van der Waals surface area contributed by atoms with E-state index in [0.29, 0.717) is 10.9 Å². The van der Waals surface area contributed by atoms with Crippen LogP contribution in [0.5, 0.6) is 0 Å². The van der Waals surface area contributed by atoms with E-state index in [4.69, 9.17) is 4.74 Å². The van der Waals surface area contributed by atoms with Crippen LogP contribution in [0.1, 0.15) is 31.1 Å². The third-order valence-corrected chi connectivity index (χ3v) is 5.13.